The van der Waals surface area contributed by atoms with Crippen LogP contribution < -0.4 is 5.32 Å². The highest BCUT2D eigenvalue weighted by Crippen LogP contribution is 2.21. The minimum absolute atomic E-state index is 0.0592. The van der Waals surface area contributed by atoms with E-state index in [9.17, 15) is 17.6 Å². The van der Waals surface area contributed by atoms with Gasteiger partial charge in [0.15, 0.2) is 0 Å². The summed E-state index contributed by atoms with van der Waals surface area (Å²) >= 11 is 5.52. The second kappa shape index (κ2) is 6.95. The Hall–Kier alpha value is -0.810. The number of hydrogen-bond donors (Lipinski definition) is 1. The van der Waals surface area contributed by atoms with Gasteiger partial charge in [0.2, 0.25) is 0 Å². The van der Waals surface area contributed by atoms with Crippen molar-refractivity contribution in [3.8, 4) is 0 Å². The summed E-state index contributed by atoms with van der Waals surface area (Å²) in [5, 5.41) is 3.02. The topological polar surface area (TPSA) is 12.0 Å². The van der Waals surface area contributed by atoms with E-state index in [1.165, 1.54) is 12.1 Å². The summed E-state index contributed by atoms with van der Waals surface area (Å²) in [6, 6.07) is 4.44. The molecule has 0 radical (unpaired) electrons. The predicted octanol–water partition coefficient (Wildman–Crippen LogP) is 4.30. The summed E-state index contributed by atoms with van der Waals surface area (Å²) in [5.41, 5.74) is 0.715. The maximum absolute atomic E-state index is 13.1. The number of hydrogen-bond acceptors (Lipinski definition) is 1. The van der Waals surface area contributed by atoms with Gasteiger partial charge in [-0.2, -0.15) is 13.2 Å². The van der Waals surface area contributed by atoms with E-state index in [1.807, 2.05) is 0 Å². The first kappa shape index (κ1) is 15.2. The third kappa shape index (κ3) is 6.21. The summed E-state index contributed by atoms with van der Waals surface area (Å²) in [4.78, 5) is 0. The molecule has 0 unspecified atom stereocenters. The molecule has 0 amide bonds. The molecule has 0 aliphatic heterocycles. The molecule has 0 saturated heterocycles. The van der Waals surface area contributed by atoms with Crippen molar-refractivity contribution in [2.45, 2.75) is 32.0 Å². The Labute approximate surface area is 108 Å². The molecule has 1 aromatic rings. The molecule has 6 heteroatoms. The lowest BCUT2D eigenvalue weighted by molar-refractivity contribution is -0.135. The average molecular weight is 284 g/mol. The predicted molar refractivity (Wildman–Crippen MR) is 63.0 cm³/mol. The molecule has 1 nitrogen and oxygen atoms in total. The van der Waals surface area contributed by atoms with Crippen LogP contribution in [0.15, 0.2) is 18.2 Å². The van der Waals surface area contributed by atoms with Gasteiger partial charge in [0.05, 0.1) is 5.02 Å². The molecule has 102 valence electrons. The molecule has 0 spiro atoms. The van der Waals surface area contributed by atoms with Crippen LogP contribution in [-0.4, -0.2) is 12.7 Å². The van der Waals surface area contributed by atoms with Gasteiger partial charge in [-0.1, -0.05) is 17.7 Å². The molecule has 0 atom stereocenters. The smallest absolute Gasteiger partial charge is 0.313 e. The number of nitrogens with one attached hydrogen (secondary N) is 1. The monoisotopic (exact) mass is 283 g/mol. The largest absolute Gasteiger partial charge is 0.389 e. The van der Waals surface area contributed by atoms with Crippen molar-refractivity contribution in [3.05, 3.63) is 34.6 Å². The van der Waals surface area contributed by atoms with Crippen molar-refractivity contribution in [2.24, 2.45) is 0 Å². The maximum atomic E-state index is 13.1. The fourth-order valence-corrected chi connectivity index (χ4v) is 1.58. The lowest BCUT2D eigenvalue weighted by Gasteiger charge is -2.07. The van der Waals surface area contributed by atoms with Gasteiger partial charge in [-0.3, -0.25) is 0 Å². The second-order valence-corrected chi connectivity index (χ2v) is 4.40. The Morgan fingerprint density at radius 2 is 1.89 bits per heavy atom. The van der Waals surface area contributed by atoms with E-state index in [-0.39, 0.29) is 11.4 Å². The van der Waals surface area contributed by atoms with Crippen LogP contribution in [0.5, 0.6) is 0 Å². The molecule has 0 aromatic heterocycles. The third-order valence-electron chi connectivity index (χ3n) is 2.38. The van der Waals surface area contributed by atoms with Gasteiger partial charge in [-0.15, -0.1) is 0 Å². The van der Waals surface area contributed by atoms with Crippen LogP contribution in [0.2, 0.25) is 5.02 Å². The highest BCUT2D eigenvalue weighted by atomic mass is 35.5. The quantitative estimate of drug-likeness (QED) is 0.606. The molecular formula is C12H14ClF4N. The Morgan fingerprint density at radius 1 is 1.17 bits per heavy atom. The summed E-state index contributed by atoms with van der Waals surface area (Å²) in [5.74, 6) is -0.493. The van der Waals surface area contributed by atoms with Crippen molar-refractivity contribution >= 4 is 11.6 Å². The van der Waals surface area contributed by atoms with Crippen LogP contribution in [0.4, 0.5) is 17.6 Å². The van der Waals surface area contributed by atoms with Gasteiger partial charge < -0.3 is 5.32 Å². The lowest BCUT2D eigenvalue weighted by Crippen LogP contribution is -2.16. The van der Waals surface area contributed by atoms with Crippen molar-refractivity contribution < 1.29 is 17.6 Å². The molecule has 0 aliphatic rings. The molecule has 1 N–H and O–H groups in total. The average Bonchev–Trinajstić information content (AvgIpc) is 2.26. The molecule has 1 aromatic carbocycles. The van der Waals surface area contributed by atoms with Crippen LogP contribution in [-0.2, 0) is 6.54 Å². The molecule has 0 saturated carbocycles. The number of unbranched alkanes of at least 4 members (excludes halogenated alkanes) is 1. The molecule has 0 aliphatic carbocycles. The van der Waals surface area contributed by atoms with Crippen LogP contribution in [0.3, 0.4) is 0 Å². The normalized spacial score (nSPS) is 11.8. The van der Waals surface area contributed by atoms with Crippen molar-refractivity contribution in [1.29, 1.82) is 0 Å². The summed E-state index contributed by atoms with van der Waals surface area (Å²) in [6.45, 7) is 0.889. The summed E-state index contributed by atoms with van der Waals surface area (Å²) in [6.07, 6.45) is -4.30. The van der Waals surface area contributed by atoms with E-state index in [4.69, 9.17) is 11.6 Å². The van der Waals surface area contributed by atoms with E-state index in [1.54, 1.807) is 6.07 Å². The molecule has 0 heterocycles. The third-order valence-corrected chi connectivity index (χ3v) is 2.68. The van der Waals surface area contributed by atoms with Gasteiger partial charge in [-0.05, 0) is 37.1 Å². The zero-order valence-electron chi connectivity index (χ0n) is 9.66. The number of rotatable bonds is 6. The Kier molecular flexibility index (Phi) is 5.88. The first-order valence-electron chi connectivity index (χ1n) is 5.60. The van der Waals surface area contributed by atoms with E-state index >= 15 is 0 Å². The first-order valence-corrected chi connectivity index (χ1v) is 5.98. The van der Waals surface area contributed by atoms with E-state index in [0.29, 0.717) is 25.1 Å². The molecule has 18 heavy (non-hydrogen) atoms. The minimum Gasteiger partial charge on any atom is -0.313 e. The van der Waals surface area contributed by atoms with Crippen molar-refractivity contribution in [3.63, 3.8) is 0 Å². The lowest BCUT2D eigenvalue weighted by atomic mass is 10.2. The Balaban J connectivity index is 2.16. The van der Waals surface area contributed by atoms with Crippen molar-refractivity contribution in [1.82, 2.24) is 5.32 Å². The molecule has 0 bridgehead atoms. The zero-order chi connectivity index (χ0) is 13.6. The SMILES string of the molecule is Fc1cc(CNCCCCC(F)(F)F)ccc1Cl. The standard InChI is InChI=1S/C12H14ClF4N/c13-10-4-3-9(7-11(10)14)8-18-6-2-1-5-12(15,16)17/h3-4,7,18H,1-2,5-6,8H2. The Bertz CT molecular complexity index is 379. The van der Waals surface area contributed by atoms with Gasteiger partial charge in [0.1, 0.15) is 5.82 Å². The maximum Gasteiger partial charge on any atom is 0.389 e. The van der Waals surface area contributed by atoms with Gasteiger partial charge in [0, 0.05) is 13.0 Å². The van der Waals surface area contributed by atoms with Crippen LogP contribution in [0.1, 0.15) is 24.8 Å². The molecule has 0 fully saturated rings. The van der Waals surface area contributed by atoms with Gasteiger partial charge >= 0.3 is 6.18 Å². The van der Waals surface area contributed by atoms with Gasteiger partial charge in [-0.25, -0.2) is 4.39 Å². The van der Waals surface area contributed by atoms with E-state index in [2.05, 4.69) is 5.32 Å². The minimum atomic E-state index is -4.08. The highest BCUT2D eigenvalue weighted by Gasteiger charge is 2.25. The zero-order valence-corrected chi connectivity index (χ0v) is 10.4. The van der Waals surface area contributed by atoms with Crippen LogP contribution in [0, 0.1) is 5.82 Å². The highest BCUT2D eigenvalue weighted by molar-refractivity contribution is 6.30. The van der Waals surface area contributed by atoms with Crippen LogP contribution in [0.25, 0.3) is 0 Å². The fraction of sp³-hybridized carbons (Fsp3) is 0.500. The van der Waals surface area contributed by atoms with Gasteiger partial charge in [0.25, 0.3) is 0 Å². The van der Waals surface area contributed by atoms with Crippen LogP contribution >= 0.6 is 11.6 Å². The Morgan fingerprint density at radius 3 is 2.50 bits per heavy atom. The number of halogens is 5. The summed E-state index contributed by atoms with van der Waals surface area (Å²) < 4.78 is 48.6. The summed E-state index contributed by atoms with van der Waals surface area (Å²) in [7, 11) is 0. The second-order valence-electron chi connectivity index (χ2n) is 4.00. The van der Waals surface area contributed by atoms with E-state index < -0.39 is 18.4 Å². The number of alkyl halides is 3. The molecule has 1 rings (SSSR count). The van der Waals surface area contributed by atoms with E-state index in [0.717, 1.165) is 0 Å². The molecular weight excluding hydrogens is 270 g/mol. The number of benzene rings is 1. The fourth-order valence-electron chi connectivity index (χ4n) is 1.46. The van der Waals surface area contributed by atoms with Crippen molar-refractivity contribution in [2.75, 3.05) is 6.54 Å². The first-order chi connectivity index (χ1) is 8.38.